The van der Waals surface area contributed by atoms with Crippen LogP contribution >= 0.6 is 0 Å². The molecule has 0 unspecified atom stereocenters. The zero-order valence-electron chi connectivity index (χ0n) is 15.4. The van der Waals surface area contributed by atoms with Crippen LogP contribution in [0.5, 0.6) is 0 Å². The first-order valence-electron chi connectivity index (χ1n) is 9.59. The maximum atomic E-state index is 13.1. The van der Waals surface area contributed by atoms with Crippen molar-refractivity contribution in [3.8, 4) is 0 Å². The Labute approximate surface area is 159 Å². The fraction of sp³-hybridized carbons (Fsp3) is 0.409. The highest BCUT2D eigenvalue weighted by molar-refractivity contribution is 5.86. The molecule has 2 aliphatic heterocycles. The first-order valence-corrected chi connectivity index (χ1v) is 9.59. The topological polar surface area (TPSA) is 43.8 Å². The highest BCUT2D eigenvalue weighted by atomic mass is 19.1. The number of aliphatic hydroxyl groups is 1. The van der Waals surface area contributed by atoms with Crippen LogP contribution in [0.2, 0.25) is 0 Å². The van der Waals surface area contributed by atoms with Gasteiger partial charge < -0.3 is 10.0 Å². The number of benzene rings is 2. The molecule has 2 aromatic carbocycles. The van der Waals surface area contributed by atoms with Gasteiger partial charge in [-0.3, -0.25) is 9.69 Å². The molecule has 27 heavy (non-hydrogen) atoms. The second-order valence-electron chi connectivity index (χ2n) is 7.72. The quantitative estimate of drug-likeness (QED) is 0.903. The summed E-state index contributed by atoms with van der Waals surface area (Å²) in [6.07, 6.45) is 2.21. The van der Waals surface area contributed by atoms with E-state index in [4.69, 9.17) is 0 Å². The lowest BCUT2D eigenvalue weighted by Gasteiger charge is -2.42. The number of β-amino-alcohol motifs (C(OH)–C–C–N with tert-alkyl or cyclic N) is 1. The summed E-state index contributed by atoms with van der Waals surface area (Å²) in [6, 6.07) is 14.6. The minimum absolute atomic E-state index is 0.211. The third-order valence-electron chi connectivity index (χ3n) is 5.69. The maximum absolute atomic E-state index is 13.1. The first kappa shape index (κ1) is 18.1. The van der Waals surface area contributed by atoms with Crippen molar-refractivity contribution in [2.45, 2.75) is 38.0 Å². The molecule has 0 saturated carbocycles. The van der Waals surface area contributed by atoms with Gasteiger partial charge in [0, 0.05) is 32.7 Å². The van der Waals surface area contributed by atoms with E-state index in [1.54, 1.807) is 17.0 Å². The fourth-order valence-electron chi connectivity index (χ4n) is 4.23. The standard InChI is InChI=1S/C22H25FN2O2/c23-20-8-6-17(7-9-20)14-25-12-3-11-22(27,21(25)26)16-24-13-10-18-4-1-2-5-19(18)15-24/h1-2,4-9,27H,3,10-16H2/t22-/m1/s1. The fourth-order valence-corrected chi connectivity index (χ4v) is 4.23. The largest absolute Gasteiger partial charge is 0.379 e. The van der Waals surface area contributed by atoms with Gasteiger partial charge in [0.2, 0.25) is 0 Å². The Morgan fingerprint density at radius 3 is 2.56 bits per heavy atom. The van der Waals surface area contributed by atoms with E-state index >= 15 is 0 Å². The lowest BCUT2D eigenvalue weighted by molar-refractivity contribution is -0.160. The van der Waals surface area contributed by atoms with Crippen molar-refractivity contribution in [1.29, 1.82) is 0 Å². The Hall–Kier alpha value is -2.24. The van der Waals surface area contributed by atoms with Crippen LogP contribution in [0, 0.1) is 5.82 Å². The molecular formula is C22H25FN2O2. The molecule has 0 bridgehead atoms. The minimum atomic E-state index is -1.34. The summed E-state index contributed by atoms with van der Waals surface area (Å²) in [7, 11) is 0. The molecule has 1 saturated heterocycles. The zero-order chi connectivity index (χ0) is 18.9. The van der Waals surface area contributed by atoms with Crippen molar-refractivity contribution in [2.24, 2.45) is 0 Å². The Kier molecular flexibility index (Phi) is 4.98. The molecule has 0 spiro atoms. The van der Waals surface area contributed by atoms with Crippen LogP contribution in [0.4, 0.5) is 4.39 Å². The Morgan fingerprint density at radius 1 is 1.04 bits per heavy atom. The number of nitrogens with zero attached hydrogens (tertiary/aromatic N) is 2. The number of fused-ring (bicyclic) bond motifs is 1. The highest BCUT2D eigenvalue weighted by Gasteiger charge is 2.43. The molecule has 2 heterocycles. The number of piperidine rings is 1. The lowest BCUT2D eigenvalue weighted by atomic mass is 9.89. The van der Waals surface area contributed by atoms with Crippen LogP contribution in [0.1, 0.15) is 29.5 Å². The maximum Gasteiger partial charge on any atom is 0.256 e. The summed E-state index contributed by atoms with van der Waals surface area (Å²) in [5, 5.41) is 11.1. The van der Waals surface area contributed by atoms with Crippen molar-refractivity contribution >= 4 is 5.91 Å². The molecule has 0 radical (unpaired) electrons. The van der Waals surface area contributed by atoms with Gasteiger partial charge in [-0.05, 0) is 48.1 Å². The molecule has 142 valence electrons. The van der Waals surface area contributed by atoms with Crippen molar-refractivity contribution in [3.63, 3.8) is 0 Å². The van der Waals surface area contributed by atoms with E-state index in [0.717, 1.165) is 31.5 Å². The molecule has 2 aromatic rings. The number of amides is 1. The first-order chi connectivity index (χ1) is 13.0. The predicted octanol–water partition coefficient (Wildman–Crippen LogP) is 2.74. The molecule has 0 aliphatic carbocycles. The van der Waals surface area contributed by atoms with Gasteiger partial charge in [0.1, 0.15) is 5.82 Å². The van der Waals surface area contributed by atoms with Crippen LogP contribution in [0.25, 0.3) is 0 Å². The second-order valence-corrected chi connectivity index (χ2v) is 7.72. The summed E-state index contributed by atoms with van der Waals surface area (Å²) in [4.78, 5) is 16.9. The summed E-state index contributed by atoms with van der Waals surface area (Å²) in [6.45, 7) is 3.01. The molecular weight excluding hydrogens is 343 g/mol. The summed E-state index contributed by atoms with van der Waals surface area (Å²) >= 11 is 0. The van der Waals surface area contributed by atoms with Crippen molar-refractivity contribution < 1.29 is 14.3 Å². The van der Waals surface area contributed by atoms with Gasteiger partial charge in [-0.1, -0.05) is 36.4 Å². The van der Waals surface area contributed by atoms with Gasteiger partial charge in [-0.2, -0.15) is 0 Å². The normalized spacial score (nSPS) is 23.3. The number of hydrogen-bond acceptors (Lipinski definition) is 3. The molecule has 1 atom stereocenters. The van der Waals surface area contributed by atoms with E-state index in [-0.39, 0.29) is 11.7 Å². The SMILES string of the molecule is O=C1N(Cc2ccc(F)cc2)CCC[C@@]1(O)CN1CCc2ccccc2C1. The number of hydrogen-bond donors (Lipinski definition) is 1. The van der Waals surface area contributed by atoms with E-state index in [0.29, 0.717) is 26.1 Å². The average Bonchev–Trinajstić information content (AvgIpc) is 2.67. The van der Waals surface area contributed by atoms with Gasteiger partial charge in [-0.25, -0.2) is 4.39 Å². The Bertz CT molecular complexity index is 823. The van der Waals surface area contributed by atoms with Gasteiger partial charge >= 0.3 is 0 Å². The number of carbonyl (C=O) groups is 1. The van der Waals surface area contributed by atoms with E-state index < -0.39 is 5.60 Å². The van der Waals surface area contributed by atoms with E-state index in [1.807, 2.05) is 6.07 Å². The third kappa shape index (κ3) is 3.89. The molecule has 2 aliphatic rings. The molecule has 1 N–H and O–H groups in total. The van der Waals surface area contributed by atoms with Crippen LogP contribution < -0.4 is 0 Å². The molecule has 0 aromatic heterocycles. The van der Waals surface area contributed by atoms with Crippen LogP contribution in [0.3, 0.4) is 0 Å². The molecule has 5 heteroatoms. The smallest absolute Gasteiger partial charge is 0.256 e. The third-order valence-corrected chi connectivity index (χ3v) is 5.69. The Balaban J connectivity index is 1.44. The molecule has 1 amide bonds. The van der Waals surface area contributed by atoms with E-state index in [1.165, 1.54) is 23.3 Å². The van der Waals surface area contributed by atoms with Crippen LogP contribution in [-0.4, -0.2) is 46.0 Å². The molecule has 4 nitrogen and oxygen atoms in total. The monoisotopic (exact) mass is 368 g/mol. The van der Waals surface area contributed by atoms with E-state index in [2.05, 4.69) is 23.1 Å². The van der Waals surface area contributed by atoms with Gasteiger partial charge in [0.25, 0.3) is 5.91 Å². The minimum Gasteiger partial charge on any atom is -0.379 e. The van der Waals surface area contributed by atoms with Gasteiger partial charge in [0.15, 0.2) is 5.60 Å². The number of rotatable bonds is 4. The van der Waals surface area contributed by atoms with Crippen LogP contribution in [-0.2, 0) is 24.3 Å². The number of halogens is 1. The lowest BCUT2D eigenvalue weighted by Crippen LogP contribution is -2.58. The van der Waals surface area contributed by atoms with Crippen molar-refractivity contribution in [3.05, 3.63) is 71.0 Å². The number of likely N-dealkylation sites (tertiary alicyclic amines) is 1. The zero-order valence-corrected chi connectivity index (χ0v) is 15.4. The van der Waals surface area contributed by atoms with E-state index in [9.17, 15) is 14.3 Å². The van der Waals surface area contributed by atoms with Gasteiger partial charge in [-0.15, -0.1) is 0 Å². The van der Waals surface area contributed by atoms with Crippen molar-refractivity contribution in [2.75, 3.05) is 19.6 Å². The number of carbonyl (C=O) groups excluding carboxylic acids is 1. The van der Waals surface area contributed by atoms with Gasteiger partial charge in [0.05, 0.1) is 0 Å². The Morgan fingerprint density at radius 2 is 1.78 bits per heavy atom. The second kappa shape index (κ2) is 7.41. The summed E-state index contributed by atoms with van der Waals surface area (Å²) in [5.74, 6) is -0.498. The molecule has 4 rings (SSSR count). The summed E-state index contributed by atoms with van der Waals surface area (Å²) < 4.78 is 13.1. The highest BCUT2D eigenvalue weighted by Crippen LogP contribution is 2.28. The predicted molar refractivity (Wildman–Crippen MR) is 101 cm³/mol. The summed E-state index contributed by atoms with van der Waals surface area (Å²) in [5.41, 5.74) is 2.17. The van der Waals surface area contributed by atoms with Crippen molar-refractivity contribution in [1.82, 2.24) is 9.80 Å². The molecule has 1 fully saturated rings. The average molecular weight is 368 g/mol. The van der Waals surface area contributed by atoms with Crippen LogP contribution in [0.15, 0.2) is 48.5 Å².